The molecule has 0 unspecified atom stereocenters. The largest absolute Gasteiger partial charge is 0.531 e. The molecule has 0 bridgehead atoms. The predicted octanol–water partition coefficient (Wildman–Crippen LogP) is 5.03. The summed E-state index contributed by atoms with van der Waals surface area (Å²) in [6.07, 6.45) is 3.48. The van der Waals surface area contributed by atoms with Crippen molar-refractivity contribution in [3.05, 3.63) is 17.6 Å². The number of phosphoric acid groups is 1. The molecule has 0 spiro atoms. The van der Waals surface area contributed by atoms with Crippen LogP contribution in [-0.4, -0.2) is 23.2 Å². The highest BCUT2D eigenvalue weighted by molar-refractivity contribution is 7.48. The zero-order chi connectivity index (χ0) is 17.3. The normalized spacial score (nSPS) is 11.9. The second-order valence-corrected chi connectivity index (χ2v) is 7.37. The fourth-order valence-corrected chi connectivity index (χ4v) is 2.92. The van der Waals surface area contributed by atoms with Crippen LogP contribution >= 0.6 is 7.82 Å². The fourth-order valence-electron chi connectivity index (χ4n) is 1.71. The van der Waals surface area contributed by atoms with Gasteiger partial charge in [-0.05, 0) is 19.8 Å². The molecule has 0 amide bonds. The Kier molecular flexibility index (Phi) is 8.74. The Labute approximate surface area is 139 Å². The molecule has 0 aromatic carbocycles. The van der Waals surface area contributed by atoms with Gasteiger partial charge in [-0.3, -0.25) is 9.05 Å². The summed E-state index contributed by atoms with van der Waals surface area (Å²) in [5, 5.41) is 0. The second kappa shape index (κ2) is 10.0. The van der Waals surface area contributed by atoms with Crippen LogP contribution in [0.25, 0.3) is 0 Å². The summed E-state index contributed by atoms with van der Waals surface area (Å²) in [5.74, 6) is 1.03. The van der Waals surface area contributed by atoms with E-state index in [-0.39, 0.29) is 11.8 Å². The molecule has 0 N–H and O–H groups in total. The van der Waals surface area contributed by atoms with Gasteiger partial charge in [-0.25, -0.2) is 9.55 Å². The zero-order valence-corrected chi connectivity index (χ0v) is 15.8. The molecule has 6 nitrogen and oxygen atoms in total. The third-order valence-corrected chi connectivity index (χ3v) is 4.47. The number of hydrogen-bond donors (Lipinski definition) is 0. The number of rotatable bonds is 11. The summed E-state index contributed by atoms with van der Waals surface area (Å²) in [5.41, 5.74) is 0.757. The first-order valence-corrected chi connectivity index (χ1v) is 9.80. The van der Waals surface area contributed by atoms with E-state index in [1.54, 1.807) is 6.07 Å². The number of nitrogens with zero attached hydrogens (tertiary/aromatic N) is 2. The average Bonchev–Trinajstić information content (AvgIpc) is 2.47. The first-order valence-electron chi connectivity index (χ1n) is 8.34. The summed E-state index contributed by atoms with van der Waals surface area (Å²) in [7, 11) is -3.66. The first-order chi connectivity index (χ1) is 10.9. The van der Waals surface area contributed by atoms with Crippen molar-refractivity contribution in [3.63, 3.8) is 0 Å². The molecule has 132 valence electrons. The van der Waals surface area contributed by atoms with Gasteiger partial charge in [-0.2, -0.15) is 4.98 Å². The van der Waals surface area contributed by atoms with Crippen LogP contribution < -0.4 is 4.52 Å². The van der Waals surface area contributed by atoms with Gasteiger partial charge in [0.25, 0.3) is 0 Å². The molecule has 23 heavy (non-hydrogen) atoms. The maximum absolute atomic E-state index is 12.8. The standard InChI is InChI=1S/C16H29N2O4P/c1-6-8-10-20-23(19,21-11-9-7-2)22-15-12-14(5)17-16(18-15)13(3)4/h12-13H,6-11H2,1-5H3. The lowest BCUT2D eigenvalue weighted by atomic mass is 10.2. The summed E-state index contributed by atoms with van der Waals surface area (Å²) < 4.78 is 29.1. The van der Waals surface area contributed by atoms with Gasteiger partial charge in [-0.1, -0.05) is 40.5 Å². The smallest absolute Gasteiger partial charge is 0.385 e. The van der Waals surface area contributed by atoms with Crippen molar-refractivity contribution in [1.29, 1.82) is 0 Å². The molecule has 0 saturated heterocycles. The molecular weight excluding hydrogens is 315 g/mol. The van der Waals surface area contributed by atoms with Crippen molar-refractivity contribution in [1.82, 2.24) is 9.97 Å². The minimum absolute atomic E-state index is 0.152. The van der Waals surface area contributed by atoms with E-state index in [2.05, 4.69) is 9.97 Å². The molecule has 1 aromatic rings. The van der Waals surface area contributed by atoms with Crippen LogP contribution in [0, 0.1) is 6.92 Å². The van der Waals surface area contributed by atoms with E-state index < -0.39 is 7.82 Å². The summed E-state index contributed by atoms with van der Waals surface area (Å²) in [4.78, 5) is 8.66. The maximum Gasteiger partial charge on any atom is 0.531 e. The van der Waals surface area contributed by atoms with E-state index in [4.69, 9.17) is 13.6 Å². The Morgan fingerprint density at radius 1 is 1.09 bits per heavy atom. The molecular formula is C16H29N2O4P. The van der Waals surface area contributed by atoms with Gasteiger partial charge in [0.05, 0.1) is 13.2 Å². The van der Waals surface area contributed by atoms with Crippen molar-refractivity contribution in [3.8, 4) is 5.88 Å². The van der Waals surface area contributed by atoms with Gasteiger partial charge < -0.3 is 4.52 Å². The molecule has 7 heteroatoms. The fraction of sp³-hybridized carbons (Fsp3) is 0.750. The van der Waals surface area contributed by atoms with E-state index in [0.29, 0.717) is 19.0 Å². The van der Waals surface area contributed by atoms with Crippen LogP contribution in [0.5, 0.6) is 5.88 Å². The van der Waals surface area contributed by atoms with Crippen molar-refractivity contribution < 1.29 is 18.1 Å². The predicted molar refractivity (Wildman–Crippen MR) is 90.8 cm³/mol. The Hall–Kier alpha value is -0.970. The molecule has 0 fully saturated rings. The van der Waals surface area contributed by atoms with Crippen molar-refractivity contribution in [2.24, 2.45) is 0 Å². The van der Waals surface area contributed by atoms with Crippen LogP contribution in [0.4, 0.5) is 0 Å². The molecule has 1 aromatic heterocycles. The summed E-state index contributed by atoms with van der Waals surface area (Å²) in [6, 6.07) is 1.64. The van der Waals surface area contributed by atoms with Crippen LogP contribution in [0.3, 0.4) is 0 Å². The molecule has 1 rings (SSSR count). The zero-order valence-electron chi connectivity index (χ0n) is 14.9. The maximum atomic E-state index is 12.8. The van der Waals surface area contributed by atoms with Crippen LogP contribution in [0.15, 0.2) is 6.07 Å². The van der Waals surface area contributed by atoms with Crippen LogP contribution in [0.1, 0.15) is 70.8 Å². The number of aryl methyl sites for hydroxylation is 1. The lowest BCUT2D eigenvalue weighted by Gasteiger charge is -2.18. The lowest BCUT2D eigenvalue weighted by molar-refractivity contribution is 0.150. The molecule has 0 saturated carbocycles. The third kappa shape index (κ3) is 7.42. The number of aromatic nitrogens is 2. The van der Waals surface area contributed by atoms with E-state index in [1.807, 2.05) is 34.6 Å². The Morgan fingerprint density at radius 3 is 2.13 bits per heavy atom. The van der Waals surface area contributed by atoms with Crippen molar-refractivity contribution in [2.75, 3.05) is 13.2 Å². The molecule has 0 aliphatic carbocycles. The van der Waals surface area contributed by atoms with Gasteiger partial charge in [0.2, 0.25) is 5.88 Å². The highest BCUT2D eigenvalue weighted by Gasteiger charge is 2.29. The number of phosphoric ester groups is 1. The first kappa shape index (κ1) is 20.1. The van der Waals surface area contributed by atoms with Crippen molar-refractivity contribution in [2.45, 2.75) is 66.2 Å². The minimum Gasteiger partial charge on any atom is -0.385 e. The Balaban J connectivity index is 2.88. The molecule has 0 atom stereocenters. The van der Waals surface area contributed by atoms with Crippen LogP contribution in [-0.2, 0) is 13.6 Å². The van der Waals surface area contributed by atoms with Gasteiger partial charge in [0, 0.05) is 17.7 Å². The van der Waals surface area contributed by atoms with E-state index in [1.165, 1.54) is 0 Å². The highest BCUT2D eigenvalue weighted by atomic mass is 31.2. The van der Waals surface area contributed by atoms with Gasteiger partial charge >= 0.3 is 7.82 Å². The average molecular weight is 344 g/mol. The monoisotopic (exact) mass is 344 g/mol. The molecule has 1 heterocycles. The number of unbranched alkanes of at least 4 members (excludes halogenated alkanes) is 2. The molecule has 0 aliphatic heterocycles. The van der Waals surface area contributed by atoms with E-state index in [9.17, 15) is 4.57 Å². The number of hydrogen-bond acceptors (Lipinski definition) is 6. The topological polar surface area (TPSA) is 70.5 Å². The van der Waals surface area contributed by atoms with Gasteiger partial charge in [0.1, 0.15) is 5.82 Å². The highest BCUT2D eigenvalue weighted by Crippen LogP contribution is 2.49. The summed E-state index contributed by atoms with van der Waals surface area (Å²) in [6.45, 7) is 10.6. The summed E-state index contributed by atoms with van der Waals surface area (Å²) >= 11 is 0. The second-order valence-electron chi connectivity index (χ2n) is 5.77. The molecule has 0 aliphatic rings. The Bertz CT molecular complexity index is 509. The van der Waals surface area contributed by atoms with Gasteiger partial charge in [0.15, 0.2) is 0 Å². The Morgan fingerprint density at radius 2 is 1.65 bits per heavy atom. The van der Waals surface area contributed by atoms with Crippen LogP contribution in [0.2, 0.25) is 0 Å². The SMILES string of the molecule is CCCCOP(=O)(OCCCC)Oc1cc(C)nc(C(C)C)n1. The van der Waals surface area contributed by atoms with Crippen molar-refractivity contribution >= 4 is 7.82 Å². The van der Waals surface area contributed by atoms with E-state index >= 15 is 0 Å². The lowest BCUT2D eigenvalue weighted by Crippen LogP contribution is -2.08. The minimum atomic E-state index is -3.66. The third-order valence-electron chi connectivity index (χ3n) is 3.06. The van der Waals surface area contributed by atoms with E-state index in [0.717, 1.165) is 31.4 Å². The molecule has 0 radical (unpaired) electrons. The quantitative estimate of drug-likeness (QED) is 0.414. The van der Waals surface area contributed by atoms with Gasteiger partial charge in [-0.15, -0.1) is 0 Å².